The average molecular weight is 354 g/mol. The Bertz CT molecular complexity index is 773. The van der Waals surface area contributed by atoms with Crippen molar-refractivity contribution in [3.8, 4) is 6.07 Å². The molecule has 0 saturated carbocycles. The normalized spacial score (nSPS) is 10.2. The van der Waals surface area contributed by atoms with Crippen LogP contribution in [0.5, 0.6) is 0 Å². The van der Waals surface area contributed by atoms with E-state index in [2.05, 4.69) is 44.2 Å². The number of benzene rings is 2. The Balaban J connectivity index is 1.93. The summed E-state index contributed by atoms with van der Waals surface area (Å²) in [5.74, 6) is 0. The first-order valence-corrected chi connectivity index (χ1v) is 7.42. The predicted molar refractivity (Wildman–Crippen MR) is 86.9 cm³/mol. The third kappa shape index (κ3) is 3.15. The van der Waals surface area contributed by atoms with Gasteiger partial charge in [0.25, 0.3) is 0 Å². The molecule has 0 bridgehead atoms. The van der Waals surface area contributed by atoms with Crippen molar-refractivity contribution in [3.05, 3.63) is 76.8 Å². The first kappa shape index (κ1) is 14.3. The highest BCUT2D eigenvalue weighted by Crippen LogP contribution is 2.19. The van der Waals surface area contributed by atoms with Crippen LogP contribution in [0, 0.1) is 11.3 Å². The molecule has 1 aromatic heterocycles. The van der Waals surface area contributed by atoms with Crippen molar-refractivity contribution < 1.29 is 0 Å². The average Bonchev–Trinajstić information content (AvgIpc) is 3.09. The van der Waals surface area contributed by atoms with Gasteiger partial charge >= 0.3 is 0 Å². The van der Waals surface area contributed by atoms with Crippen LogP contribution in [0.3, 0.4) is 0 Å². The zero-order valence-electron chi connectivity index (χ0n) is 11.6. The van der Waals surface area contributed by atoms with Gasteiger partial charge in [0.15, 0.2) is 0 Å². The van der Waals surface area contributed by atoms with Gasteiger partial charge in [0.2, 0.25) is 0 Å². The molecule has 5 nitrogen and oxygen atoms in total. The summed E-state index contributed by atoms with van der Waals surface area (Å²) < 4.78 is 1.04. The van der Waals surface area contributed by atoms with Crippen LogP contribution >= 0.6 is 15.9 Å². The van der Waals surface area contributed by atoms with E-state index in [0.717, 1.165) is 15.7 Å². The lowest BCUT2D eigenvalue weighted by Crippen LogP contribution is -2.29. The fraction of sp³-hybridized carbons (Fsp3) is 0.0625. The van der Waals surface area contributed by atoms with E-state index < -0.39 is 0 Å². The molecule has 0 aliphatic heterocycles. The summed E-state index contributed by atoms with van der Waals surface area (Å²) in [6.07, 6.45) is 3.15. The molecular formula is C16H12BrN5. The largest absolute Gasteiger partial charge is 0.260 e. The molecule has 0 radical (unpaired) electrons. The fourth-order valence-corrected chi connectivity index (χ4v) is 2.34. The molecule has 0 spiro atoms. The first-order valence-electron chi connectivity index (χ1n) is 6.63. The minimum Gasteiger partial charge on any atom is -0.260 e. The Morgan fingerprint density at radius 3 is 2.41 bits per heavy atom. The van der Waals surface area contributed by atoms with Crippen molar-refractivity contribution >= 4 is 21.6 Å². The Kier molecular flexibility index (Phi) is 4.17. The van der Waals surface area contributed by atoms with Gasteiger partial charge in [-0.2, -0.15) is 10.1 Å². The van der Waals surface area contributed by atoms with E-state index in [0.29, 0.717) is 12.1 Å². The number of aromatic nitrogens is 3. The highest BCUT2D eigenvalue weighted by Gasteiger charge is 2.10. The summed E-state index contributed by atoms with van der Waals surface area (Å²) >= 11 is 3.44. The van der Waals surface area contributed by atoms with Crippen LogP contribution in [0.1, 0.15) is 11.1 Å². The molecule has 0 saturated heterocycles. The molecule has 0 aliphatic carbocycles. The summed E-state index contributed by atoms with van der Waals surface area (Å²) in [6.45, 7) is 0.641. The minimum atomic E-state index is 0.630. The SMILES string of the molecule is N#Cc1ccc(N(Cc2ccc(Br)cc2)n2cncn2)cc1. The van der Waals surface area contributed by atoms with Crippen LogP contribution in [0.2, 0.25) is 0 Å². The number of nitriles is 1. The molecule has 0 amide bonds. The summed E-state index contributed by atoms with van der Waals surface area (Å²) in [5.41, 5.74) is 2.71. The minimum absolute atomic E-state index is 0.630. The quantitative estimate of drug-likeness (QED) is 0.721. The zero-order valence-corrected chi connectivity index (χ0v) is 13.2. The fourth-order valence-electron chi connectivity index (χ4n) is 2.08. The molecular weight excluding hydrogens is 342 g/mol. The van der Waals surface area contributed by atoms with Crippen LogP contribution in [0.15, 0.2) is 65.7 Å². The third-order valence-corrected chi connectivity index (χ3v) is 3.72. The maximum Gasteiger partial charge on any atom is 0.139 e. The van der Waals surface area contributed by atoms with Gasteiger partial charge in [-0.25, -0.2) is 4.98 Å². The van der Waals surface area contributed by atoms with Crippen molar-refractivity contribution in [1.82, 2.24) is 14.9 Å². The van der Waals surface area contributed by atoms with Crippen molar-refractivity contribution in [2.45, 2.75) is 6.54 Å². The van der Waals surface area contributed by atoms with E-state index in [1.54, 1.807) is 23.3 Å². The summed E-state index contributed by atoms with van der Waals surface area (Å²) in [7, 11) is 0. The Labute approximate surface area is 136 Å². The molecule has 0 unspecified atom stereocenters. The number of hydrogen-bond acceptors (Lipinski definition) is 4. The molecule has 6 heteroatoms. The van der Waals surface area contributed by atoms with Crippen LogP contribution < -0.4 is 5.01 Å². The Morgan fingerprint density at radius 1 is 1.09 bits per heavy atom. The number of halogens is 1. The molecule has 1 heterocycles. The Morgan fingerprint density at radius 2 is 1.82 bits per heavy atom. The monoisotopic (exact) mass is 353 g/mol. The van der Waals surface area contributed by atoms with Gasteiger partial charge in [0, 0.05) is 4.47 Å². The number of rotatable bonds is 4. The topological polar surface area (TPSA) is 57.7 Å². The Hall–Kier alpha value is -2.65. The number of nitrogens with zero attached hydrogens (tertiary/aromatic N) is 5. The summed E-state index contributed by atoms with van der Waals surface area (Å²) in [5, 5.41) is 15.1. The highest BCUT2D eigenvalue weighted by atomic mass is 79.9. The van der Waals surface area contributed by atoms with Gasteiger partial charge in [0.1, 0.15) is 12.7 Å². The van der Waals surface area contributed by atoms with Gasteiger partial charge in [0.05, 0.1) is 23.9 Å². The van der Waals surface area contributed by atoms with E-state index in [4.69, 9.17) is 5.26 Å². The van der Waals surface area contributed by atoms with Crippen LogP contribution in [0.25, 0.3) is 0 Å². The standard InChI is InChI=1S/C16H12BrN5/c17-15-5-1-14(2-6-15)10-21(22-12-19-11-20-22)16-7-3-13(9-18)4-8-16/h1-8,11-12H,10H2. The summed E-state index contributed by atoms with van der Waals surface area (Å²) in [4.78, 5) is 5.69. The van der Waals surface area contributed by atoms with Crippen LogP contribution in [-0.4, -0.2) is 14.9 Å². The van der Waals surface area contributed by atoms with Gasteiger partial charge in [-0.3, -0.25) is 5.01 Å². The molecule has 108 valence electrons. The van der Waals surface area contributed by atoms with Crippen LogP contribution in [0.4, 0.5) is 5.69 Å². The second-order valence-electron chi connectivity index (χ2n) is 4.66. The maximum absolute atomic E-state index is 8.92. The smallest absolute Gasteiger partial charge is 0.139 e. The van der Waals surface area contributed by atoms with Gasteiger partial charge < -0.3 is 0 Å². The molecule has 3 rings (SSSR count). The third-order valence-electron chi connectivity index (χ3n) is 3.19. The number of anilines is 1. The second kappa shape index (κ2) is 6.41. The van der Waals surface area contributed by atoms with E-state index in [9.17, 15) is 0 Å². The molecule has 0 fully saturated rings. The van der Waals surface area contributed by atoms with E-state index in [1.165, 1.54) is 6.33 Å². The van der Waals surface area contributed by atoms with Gasteiger partial charge in [-0.15, -0.1) is 5.10 Å². The lowest BCUT2D eigenvalue weighted by Gasteiger charge is -2.24. The van der Waals surface area contributed by atoms with E-state index in [1.807, 2.05) is 29.3 Å². The van der Waals surface area contributed by atoms with Crippen molar-refractivity contribution in [2.24, 2.45) is 0 Å². The van der Waals surface area contributed by atoms with Crippen molar-refractivity contribution in [2.75, 3.05) is 5.01 Å². The van der Waals surface area contributed by atoms with Crippen LogP contribution in [-0.2, 0) is 6.54 Å². The molecule has 22 heavy (non-hydrogen) atoms. The highest BCUT2D eigenvalue weighted by molar-refractivity contribution is 9.10. The van der Waals surface area contributed by atoms with E-state index >= 15 is 0 Å². The van der Waals surface area contributed by atoms with Gasteiger partial charge in [-0.05, 0) is 42.0 Å². The number of hydrogen-bond donors (Lipinski definition) is 0. The van der Waals surface area contributed by atoms with Crippen molar-refractivity contribution in [1.29, 1.82) is 5.26 Å². The summed E-state index contributed by atoms with van der Waals surface area (Å²) in [6, 6.07) is 17.6. The lowest BCUT2D eigenvalue weighted by molar-refractivity contribution is 0.610. The van der Waals surface area contributed by atoms with E-state index in [-0.39, 0.29) is 0 Å². The second-order valence-corrected chi connectivity index (χ2v) is 5.57. The predicted octanol–water partition coefficient (Wildman–Crippen LogP) is 3.38. The zero-order chi connectivity index (χ0) is 15.4. The molecule has 0 N–H and O–H groups in total. The van der Waals surface area contributed by atoms with Gasteiger partial charge in [-0.1, -0.05) is 28.1 Å². The molecule has 0 atom stereocenters. The van der Waals surface area contributed by atoms with Crippen molar-refractivity contribution in [3.63, 3.8) is 0 Å². The molecule has 0 aliphatic rings. The maximum atomic E-state index is 8.92. The molecule has 3 aromatic rings. The lowest BCUT2D eigenvalue weighted by atomic mass is 10.2. The first-order chi connectivity index (χ1) is 10.8. The molecule has 2 aromatic carbocycles.